The third kappa shape index (κ3) is 22.1. The molecule has 0 heterocycles. The Balaban J connectivity index is 0. The zero-order chi connectivity index (χ0) is 17.2. The molecule has 24 heavy (non-hydrogen) atoms. The predicted molar refractivity (Wildman–Crippen MR) is 102 cm³/mol. The Morgan fingerprint density at radius 1 is 0.625 bits per heavy atom. The summed E-state index contributed by atoms with van der Waals surface area (Å²) in [4.78, 5) is 21.7. The van der Waals surface area contributed by atoms with Gasteiger partial charge < -0.3 is 4.74 Å². The standard InChI is InChI=1S/C20H38O3.Na/c1-3-4-5-6-7-8-9-10-11-12-13-14-15-16-17-18-20(22)23-19(2)21;/h3-18H2,1-2H3;. The Morgan fingerprint density at radius 3 is 1.29 bits per heavy atom. The van der Waals surface area contributed by atoms with Crippen molar-refractivity contribution in [2.45, 2.75) is 117 Å². The predicted octanol–water partition coefficient (Wildman–Crippen LogP) is 5.96. The van der Waals surface area contributed by atoms with E-state index >= 15 is 0 Å². The third-order valence-electron chi connectivity index (χ3n) is 4.24. The summed E-state index contributed by atoms with van der Waals surface area (Å²) in [5.41, 5.74) is 0. The summed E-state index contributed by atoms with van der Waals surface area (Å²) in [6.07, 6.45) is 20.0. The Morgan fingerprint density at radius 2 is 0.958 bits per heavy atom. The topological polar surface area (TPSA) is 43.4 Å². The first-order chi connectivity index (χ1) is 11.2. The van der Waals surface area contributed by atoms with Gasteiger partial charge in [-0.2, -0.15) is 0 Å². The van der Waals surface area contributed by atoms with Crippen LogP contribution in [0, 0.1) is 0 Å². The van der Waals surface area contributed by atoms with Crippen LogP contribution in [0.4, 0.5) is 0 Å². The van der Waals surface area contributed by atoms with Crippen LogP contribution < -0.4 is 0 Å². The van der Waals surface area contributed by atoms with Crippen molar-refractivity contribution in [1.82, 2.24) is 0 Å². The van der Waals surface area contributed by atoms with Crippen molar-refractivity contribution in [2.75, 3.05) is 0 Å². The maximum absolute atomic E-state index is 11.1. The van der Waals surface area contributed by atoms with Gasteiger partial charge in [-0.15, -0.1) is 0 Å². The molecule has 137 valence electrons. The Kier molecular flexibility index (Phi) is 23.3. The fourth-order valence-corrected chi connectivity index (χ4v) is 2.85. The minimum absolute atomic E-state index is 0. The van der Waals surface area contributed by atoms with Crippen LogP contribution in [0.3, 0.4) is 0 Å². The monoisotopic (exact) mass is 349 g/mol. The van der Waals surface area contributed by atoms with Gasteiger partial charge in [0.05, 0.1) is 0 Å². The molecule has 0 aromatic carbocycles. The fraction of sp³-hybridized carbons (Fsp3) is 0.900. The Labute approximate surface area is 172 Å². The van der Waals surface area contributed by atoms with E-state index in [4.69, 9.17) is 0 Å². The van der Waals surface area contributed by atoms with Gasteiger partial charge in [0.15, 0.2) is 0 Å². The number of hydrogen-bond donors (Lipinski definition) is 0. The SMILES string of the molecule is CCCCCCCCCCCCCCCCCC(=O)OC(C)=O.[Na]. The van der Waals surface area contributed by atoms with E-state index in [2.05, 4.69) is 11.7 Å². The van der Waals surface area contributed by atoms with Crippen molar-refractivity contribution in [3.8, 4) is 0 Å². The van der Waals surface area contributed by atoms with Gasteiger partial charge in [0.2, 0.25) is 0 Å². The van der Waals surface area contributed by atoms with Crippen LogP contribution in [0.2, 0.25) is 0 Å². The zero-order valence-corrected chi connectivity index (χ0v) is 18.5. The molecule has 3 nitrogen and oxygen atoms in total. The van der Waals surface area contributed by atoms with Crippen LogP contribution in [0.1, 0.15) is 117 Å². The summed E-state index contributed by atoms with van der Waals surface area (Å²) < 4.78 is 4.49. The maximum Gasteiger partial charge on any atom is 0.313 e. The number of unbranched alkanes of at least 4 members (excludes halogenated alkanes) is 14. The van der Waals surface area contributed by atoms with E-state index in [1.54, 1.807) is 0 Å². The number of carbonyl (C=O) groups excluding carboxylic acids is 2. The van der Waals surface area contributed by atoms with Crippen molar-refractivity contribution in [3.05, 3.63) is 0 Å². The molecule has 0 aliphatic rings. The summed E-state index contributed by atoms with van der Waals surface area (Å²) in [6.45, 7) is 3.53. The molecular formula is C20H38NaO3. The van der Waals surface area contributed by atoms with Crippen molar-refractivity contribution >= 4 is 41.5 Å². The molecule has 0 unspecified atom stereocenters. The molecule has 0 saturated carbocycles. The fourth-order valence-electron chi connectivity index (χ4n) is 2.85. The summed E-state index contributed by atoms with van der Waals surface area (Å²) in [5.74, 6) is -0.886. The van der Waals surface area contributed by atoms with E-state index in [-0.39, 0.29) is 35.5 Å². The molecule has 0 saturated heterocycles. The minimum atomic E-state index is -0.504. The van der Waals surface area contributed by atoms with Gasteiger partial charge in [-0.1, -0.05) is 96.8 Å². The number of rotatable bonds is 16. The van der Waals surface area contributed by atoms with E-state index in [0.717, 1.165) is 12.8 Å². The molecule has 0 bridgehead atoms. The molecule has 0 amide bonds. The summed E-state index contributed by atoms with van der Waals surface area (Å²) in [7, 11) is 0. The molecule has 0 aliphatic carbocycles. The Bertz CT molecular complexity index is 293. The van der Waals surface area contributed by atoms with Gasteiger partial charge >= 0.3 is 11.9 Å². The van der Waals surface area contributed by atoms with E-state index in [9.17, 15) is 9.59 Å². The second-order valence-corrected chi connectivity index (χ2v) is 6.67. The quantitative estimate of drug-likeness (QED) is 0.149. The largest absolute Gasteiger partial charge is 0.393 e. The molecule has 0 aromatic heterocycles. The van der Waals surface area contributed by atoms with Gasteiger partial charge in [0.25, 0.3) is 0 Å². The molecule has 0 spiro atoms. The van der Waals surface area contributed by atoms with Crippen LogP contribution in [-0.4, -0.2) is 41.5 Å². The molecular weight excluding hydrogens is 311 g/mol. The molecule has 0 rings (SSSR count). The van der Waals surface area contributed by atoms with E-state index < -0.39 is 5.97 Å². The molecule has 0 aromatic rings. The van der Waals surface area contributed by atoms with Gasteiger partial charge in [-0.3, -0.25) is 9.59 Å². The molecule has 0 aliphatic heterocycles. The van der Waals surface area contributed by atoms with E-state index in [1.165, 1.54) is 90.4 Å². The van der Waals surface area contributed by atoms with Gasteiger partial charge in [0.1, 0.15) is 0 Å². The Hall–Kier alpha value is 0.140. The smallest absolute Gasteiger partial charge is 0.313 e. The number of carbonyl (C=O) groups is 2. The summed E-state index contributed by atoms with van der Waals surface area (Å²) in [5, 5.41) is 0. The van der Waals surface area contributed by atoms with Gasteiger partial charge in [-0.05, 0) is 6.42 Å². The van der Waals surface area contributed by atoms with Crippen molar-refractivity contribution in [1.29, 1.82) is 0 Å². The van der Waals surface area contributed by atoms with Crippen LogP contribution in [0.25, 0.3) is 0 Å². The third-order valence-corrected chi connectivity index (χ3v) is 4.24. The van der Waals surface area contributed by atoms with Crippen molar-refractivity contribution in [2.24, 2.45) is 0 Å². The summed E-state index contributed by atoms with van der Waals surface area (Å²) in [6, 6.07) is 0. The van der Waals surface area contributed by atoms with Crippen LogP contribution in [-0.2, 0) is 14.3 Å². The van der Waals surface area contributed by atoms with Gasteiger partial charge in [0, 0.05) is 42.9 Å². The number of esters is 2. The van der Waals surface area contributed by atoms with Crippen LogP contribution in [0.5, 0.6) is 0 Å². The number of hydrogen-bond acceptors (Lipinski definition) is 3. The average Bonchev–Trinajstić information content (AvgIpc) is 2.50. The maximum atomic E-state index is 11.1. The van der Waals surface area contributed by atoms with E-state index in [0.29, 0.717) is 6.42 Å². The van der Waals surface area contributed by atoms with Crippen molar-refractivity contribution < 1.29 is 14.3 Å². The normalized spacial score (nSPS) is 10.2. The van der Waals surface area contributed by atoms with Crippen LogP contribution in [0.15, 0.2) is 0 Å². The number of ether oxygens (including phenoxy) is 1. The molecule has 1 radical (unpaired) electrons. The molecule has 0 atom stereocenters. The zero-order valence-electron chi connectivity index (χ0n) is 16.5. The van der Waals surface area contributed by atoms with Crippen LogP contribution >= 0.6 is 0 Å². The molecule has 0 fully saturated rings. The molecule has 4 heteroatoms. The first-order valence-corrected chi connectivity index (χ1v) is 9.88. The second-order valence-electron chi connectivity index (χ2n) is 6.67. The first kappa shape index (κ1) is 26.4. The first-order valence-electron chi connectivity index (χ1n) is 9.88. The molecule has 0 N–H and O–H groups in total. The van der Waals surface area contributed by atoms with Crippen molar-refractivity contribution in [3.63, 3.8) is 0 Å². The van der Waals surface area contributed by atoms with E-state index in [1.807, 2.05) is 0 Å². The second kappa shape index (κ2) is 21.2. The summed E-state index contributed by atoms with van der Waals surface area (Å²) >= 11 is 0. The average molecular weight is 350 g/mol. The minimum Gasteiger partial charge on any atom is -0.393 e. The van der Waals surface area contributed by atoms with Gasteiger partial charge in [-0.25, -0.2) is 0 Å².